The molecule has 1 aliphatic heterocycles. The van der Waals surface area contributed by atoms with Crippen molar-refractivity contribution in [3.63, 3.8) is 0 Å². The highest BCUT2D eigenvalue weighted by Gasteiger charge is 2.47. The predicted octanol–water partition coefficient (Wildman–Crippen LogP) is 5.59. The Morgan fingerprint density at radius 1 is 0.969 bits per heavy atom. The maximum atomic E-state index is 13.2. The van der Waals surface area contributed by atoms with Crippen LogP contribution in [0.2, 0.25) is 5.02 Å². The molecule has 3 aromatic carbocycles. The van der Waals surface area contributed by atoms with E-state index < -0.39 is 17.7 Å². The lowest BCUT2D eigenvalue weighted by Gasteiger charge is -2.26. The van der Waals surface area contributed by atoms with Gasteiger partial charge in [-0.3, -0.25) is 14.5 Å². The lowest BCUT2D eigenvalue weighted by atomic mass is 9.94. The smallest absolute Gasteiger partial charge is 0.300 e. The van der Waals surface area contributed by atoms with E-state index in [1.165, 1.54) is 12.0 Å². The maximum Gasteiger partial charge on any atom is 0.300 e. The summed E-state index contributed by atoms with van der Waals surface area (Å²) in [4.78, 5) is 27.9. The van der Waals surface area contributed by atoms with Crippen molar-refractivity contribution >= 4 is 34.7 Å². The molecule has 0 bridgehead atoms. The van der Waals surface area contributed by atoms with Gasteiger partial charge in [-0.15, -0.1) is 0 Å². The number of hydrogen-bond donors (Lipinski definition) is 1. The van der Waals surface area contributed by atoms with Gasteiger partial charge in [-0.2, -0.15) is 0 Å². The summed E-state index contributed by atoms with van der Waals surface area (Å²) < 4.78 is 5.25. The van der Waals surface area contributed by atoms with E-state index in [4.69, 9.17) is 16.3 Å². The van der Waals surface area contributed by atoms with Gasteiger partial charge in [-0.1, -0.05) is 53.6 Å². The van der Waals surface area contributed by atoms with Gasteiger partial charge in [0, 0.05) is 11.3 Å². The van der Waals surface area contributed by atoms with Gasteiger partial charge in [0.1, 0.15) is 11.5 Å². The monoisotopic (exact) mass is 447 g/mol. The van der Waals surface area contributed by atoms with Gasteiger partial charge >= 0.3 is 0 Å². The molecule has 1 N–H and O–H groups in total. The summed E-state index contributed by atoms with van der Waals surface area (Å²) in [6.07, 6.45) is 0. The molecule has 4 rings (SSSR count). The largest absolute Gasteiger partial charge is 0.507 e. The number of aliphatic hydroxyl groups is 1. The van der Waals surface area contributed by atoms with Gasteiger partial charge in [0.25, 0.3) is 11.7 Å². The summed E-state index contributed by atoms with van der Waals surface area (Å²) >= 11 is 6.12. The topological polar surface area (TPSA) is 66.8 Å². The SMILES string of the molecule is COc1cc(/C(O)=C2/C(=O)C(=O)N(c3cccc(C)c3)C2c2cccc(C)c2)ccc1Cl. The van der Waals surface area contributed by atoms with Crippen molar-refractivity contribution in [1.82, 2.24) is 0 Å². The number of hydrogen-bond acceptors (Lipinski definition) is 4. The molecular weight excluding hydrogens is 426 g/mol. The standard InChI is InChI=1S/C26H22ClNO4/c1-15-6-4-8-17(12-15)23-22(24(29)18-10-11-20(27)21(14-18)32-3)25(30)26(31)28(23)19-9-5-7-16(2)13-19/h4-14,23,29H,1-3H3/b24-22-. The summed E-state index contributed by atoms with van der Waals surface area (Å²) in [6.45, 7) is 3.86. The molecule has 0 spiro atoms. The van der Waals surface area contributed by atoms with Crippen LogP contribution < -0.4 is 9.64 Å². The molecule has 3 aromatic rings. The number of benzene rings is 3. The number of ketones is 1. The minimum absolute atomic E-state index is 0.0199. The van der Waals surface area contributed by atoms with Crippen LogP contribution in [0.3, 0.4) is 0 Å². The van der Waals surface area contributed by atoms with Crippen LogP contribution in [0.25, 0.3) is 5.76 Å². The predicted molar refractivity (Wildman–Crippen MR) is 125 cm³/mol. The van der Waals surface area contributed by atoms with Crippen molar-refractivity contribution in [3.05, 3.63) is 99.6 Å². The van der Waals surface area contributed by atoms with Gasteiger partial charge in [0.15, 0.2) is 0 Å². The third-order valence-electron chi connectivity index (χ3n) is 5.51. The fraction of sp³-hybridized carbons (Fsp3) is 0.154. The fourth-order valence-corrected chi connectivity index (χ4v) is 4.19. The maximum absolute atomic E-state index is 13.2. The van der Waals surface area contributed by atoms with Crippen LogP contribution in [0.4, 0.5) is 5.69 Å². The fourth-order valence-electron chi connectivity index (χ4n) is 3.99. The van der Waals surface area contributed by atoms with E-state index in [1.807, 2.05) is 56.3 Å². The molecule has 0 aromatic heterocycles. The molecule has 1 unspecified atom stereocenters. The molecule has 1 saturated heterocycles. The quantitative estimate of drug-likeness (QED) is 0.321. The van der Waals surface area contributed by atoms with E-state index in [-0.39, 0.29) is 11.3 Å². The van der Waals surface area contributed by atoms with Crippen molar-refractivity contribution in [1.29, 1.82) is 0 Å². The number of amides is 1. The van der Waals surface area contributed by atoms with Gasteiger partial charge < -0.3 is 9.84 Å². The van der Waals surface area contributed by atoms with Crippen LogP contribution in [0.15, 0.2) is 72.3 Å². The summed E-state index contributed by atoms with van der Waals surface area (Å²) in [7, 11) is 1.47. The van der Waals surface area contributed by atoms with Crippen LogP contribution in [0.1, 0.15) is 28.3 Å². The molecule has 162 valence electrons. The number of Topliss-reactive ketones (excluding diaryl/α,β-unsaturated/α-hetero) is 1. The molecule has 1 heterocycles. The van der Waals surface area contributed by atoms with E-state index in [9.17, 15) is 14.7 Å². The van der Waals surface area contributed by atoms with E-state index in [2.05, 4.69) is 0 Å². The van der Waals surface area contributed by atoms with E-state index in [1.54, 1.807) is 24.3 Å². The number of aryl methyl sites for hydroxylation is 2. The summed E-state index contributed by atoms with van der Waals surface area (Å²) in [5.74, 6) is -1.36. The minimum Gasteiger partial charge on any atom is -0.507 e. The van der Waals surface area contributed by atoms with Crippen LogP contribution in [-0.4, -0.2) is 23.9 Å². The first kappa shape index (κ1) is 21.7. The first-order valence-corrected chi connectivity index (χ1v) is 10.5. The molecule has 5 nitrogen and oxygen atoms in total. The number of aliphatic hydroxyl groups excluding tert-OH is 1. The third kappa shape index (κ3) is 3.76. The van der Waals surface area contributed by atoms with Crippen molar-refractivity contribution in [2.45, 2.75) is 19.9 Å². The highest BCUT2D eigenvalue weighted by atomic mass is 35.5. The van der Waals surface area contributed by atoms with Gasteiger partial charge in [-0.05, 0) is 55.3 Å². The summed E-state index contributed by atoms with van der Waals surface area (Å²) in [5, 5.41) is 11.6. The van der Waals surface area contributed by atoms with E-state index in [0.29, 0.717) is 22.0 Å². The number of anilines is 1. The molecule has 1 atom stereocenters. The number of rotatable bonds is 4. The first-order chi connectivity index (χ1) is 15.3. The highest BCUT2D eigenvalue weighted by molar-refractivity contribution is 6.51. The average molecular weight is 448 g/mol. The second-order valence-corrected chi connectivity index (χ2v) is 8.18. The van der Waals surface area contributed by atoms with Crippen molar-refractivity contribution in [3.8, 4) is 5.75 Å². The molecule has 1 amide bonds. The van der Waals surface area contributed by atoms with Crippen molar-refractivity contribution in [2.24, 2.45) is 0 Å². The average Bonchev–Trinajstić information content (AvgIpc) is 3.04. The zero-order chi connectivity index (χ0) is 23.0. The Bertz CT molecular complexity index is 1260. The van der Waals surface area contributed by atoms with Gasteiger partial charge in [-0.25, -0.2) is 0 Å². The Morgan fingerprint density at radius 2 is 1.66 bits per heavy atom. The second-order valence-electron chi connectivity index (χ2n) is 7.77. The summed E-state index contributed by atoms with van der Waals surface area (Å²) in [5.41, 5.74) is 3.61. The second kappa shape index (κ2) is 8.52. The molecule has 0 radical (unpaired) electrons. The summed E-state index contributed by atoms with van der Waals surface area (Å²) in [6, 6.07) is 18.9. The normalized spacial score (nSPS) is 17.6. The van der Waals surface area contributed by atoms with Crippen LogP contribution in [0.5, 0.6) is 5.75 Å². The zero-order valence-electron chi connectivity index (χ0n) is 17.9. The molecule has 0 aliphatic carbocycles. The zero-order valence-corrected chi connectivity index (χ0v) is 18.7. The first-order valence-electron chi connectivity index (χ1n) is 10.1. The van der Waals surface area contributed by atoms with Crippen LogP contribution >= 0.6 is 11.6 Å². The molecular formula is C26H22ClNO4. The Morgan fingerprint density at radius 3 is 2.31 bits per heavy atom. The molecule has 1 aliphatic rings. The van der Waals surface area contributed by atoms with Crippen molar-refractivity contribution < 1.29 is 19.4 Å². The van der Waals surface area contributed by atoms with E-state index >= 15 is 0 Å². The number of methoxy groups -OCH3 is 1. The third-order valence-corrected chi connectivity index (χ3v) is 5.82. The van der Waals surface area contributed by atoms with Crippen LogP contribution in [-0.2, 0) is 9.59 Å². The Labute approximate surface area is 191 Å². The van der Waals surface area contributed by atoms with Crippen LogP contribution in [0, 0.1) is 13.8 Å². The molecule has 32 heavy (non-hydrogen) atoms. The number of carbonyl (C=O) groups excluding carboxylic acids is 2. The Balaban J connectivity index is 1.97. The number of nitrogens with zero attached hydrogens (tertiary/aromatic N) is 1. The molecule has 6 heteroatoms. The lowest BCUT2D eigenvalue weighted by Crippen LogP contribution is -2.29. The van der Waals surface area contributed by atoms with Crippen molar-refractivity contribution in [2.75, 3.05) is 12.0 Å². The van der Waals surface area contributed by atoms with Gasteiger partial charge in [0.05, 0.1) is 23.7 Å². The Hall–Kier alpha value is -3.57. The Kier molecular flexibility index (Phi) is 5.76. The van der Waals surface area contributed by atoms with Gasteiger partial charge in [0.2, 0.25) is 0 Å². The number of halogens is 1. The molecule has 0 saturated carbocycles. The highest BCUT2D eigenvalue weighted by Crippen LogP contribution is 2.43. The number of ether oxygens (including phenoxy) is 1. The molecule has 1 fully saturated rings. The van der Waals surface area contributed by atoms with E-state index in [0.717, 1.165) is 16.7 Å². The minimum atomic E-state index is -0.779. The lowest BCUT2D eigenvalue weighted by molar-refractivity contribution is -0.132. The number of carbonyl (C=O) groups is 2.